The molecule has 7 N–H and O–H groups in total. The van der Waals surface area contributed by atoms with Crippen LogP contribution in [0.4, 0.5) is 0 Å². The standard InChI is InChI=1S/C7H14N2O5/c8-4(5(10)11)2-1-3-7(9,14)6(12)13/h4,14H,1-3,8-9H2,(H,10,11)(H,12,13). The Morgan fingerprint density at radius 1 is 1.36 bits per heavy atom. The minimum Gasteiger partial charge on any atom is -0.480 e. The molecule has 0 aliphatic carbocycles. The van der Waals surface area contributed by atoms with Gasteiger partial charge < -0.3 is 21.1 Å². The Morgan fingerprint density at radius 2 is 1.86 bits per heavy atom. The van der Waals surface area contributed by atoms with E-state index in [1.54, 1.807) is 0 Å². The highest BCUT2D eigenvalue weighted by atomic mass is 16.4. The molecule has 7 heteroatoms. The SMILES string of the molecule is NC(CCCC(N)(O)C(=O)O)C(=O)O. The third-order valence-electron chi connectivity index (χ3n) is 1.76. The molecule has 14 heavy (non-hydrogen) atoms. The molecule has 2 atom stereocenters. The van der Waals surface area contributed by atoms with Crippen LogP contribution >= 0.6 is 0 Å². The van der Waals surface area contributed by atoms with E-state index in [0.29, 0.717) is 0 Å². The number of nitrogens with two attached hydrogens (primary N) is 2. The van der Waals surface area contributed by atoms with Crippen molar-refractivity contribution in [2.75, 3.05) is 0 Å². The van der Waals surface area contributed by atoms with Gasteiger partial charge in [0.2, 0.25) is 5.72 Å². The first-order valence-corrected chi connectivity index (χ1v) is 4.00. The molecule has 0 amide bonds. The second-order valence-electron chi connectivity index (χ2n) is 3.07. The summed E-state index contributed by atoms with van der Waals surface area (Å²) in [5.74, 6) is -2.71. The Hall–Kier alpha value is -1.18. The molecule has 0 aromatic heterocycles. The second-order valence-corrected chi connectivity index (χ2v) is 3.07. The molecule has 0 heterocycles. The van der Waals surface area contributed by atoms with E-state index in [-0.39, 0.29) is 19.3 Å². The molecule has 0 aliphatic rings. The maximum Gasteiger partial charge on any atom is 0.350 e. The van der Waals surface area contributed by atoms with Gasteiger partial charge in [-0.3, -0.25) is 10.5 Å². The summed E-state index contributed by atoms with van der Waals surface area (Å²) in [7, 11) is 0. The zero-order valence-corrected chi connectivity index (χ0v) is 7.51. The molecule has 0 rings (SSSR count). The molecule has 0 bridgehead atoms. The van der Waals surface area contributed by atoms with Crippen molar-refractivity contribution < 1.29 is 24.9 Å². The average molecular weight is 206 g/mol. The van der Waals surface area contributed by atoms with Crippen molar-refractivity contribution in [1.29, 1.82) is 0 Å². The van der Waals surface area contributed by atoms with Crippen LogP contribution in [0.25, 0.3) is 0 Å². The van der Waals surface area contributed by atoms with Crippen molar-refractivity contribution in [3.63, 3.8) is 0 Å². The highest BCUT2D eigenvalue weighted by Gasteiger charge is 2.30. The lowest BCUT2D eigenvalue weighted by atomic mass is 10.0. The Bertz CT molecular complexity index is 228. The van der Waals surface area contributed by atoms with E-state index in [1.807, 2.05) is 0 Å². The summed E-state index contributed by atoms with van der Waals surface area (Å²) < 4.78 is 0. The predicted octanol–water partition coefficient (Wildman–Crippen LogP) is -1.70. The zero-order valence-electron chi connectivity index (χ0n) is 7.51. The van der Waals surface area contributed by atoms with Gasteiger partial charge in [0, 0.05) is 6.42 Å². The summed E-state index contributed by atoms with van der Waals surface area (Å²) in [6, 6.07) is -1.06. The Kier molecular flexibility index (Phi) is 4.48. The molecule has 0 aliphatic heterocycles. The number of aliphatic hydroxyl groups is 1. The maximum absolute atomic E-state index is 10.3. The maximum atomic E-state index is 10.3. The lowest BCUT2D eigenvalue weighted by molar-refractivity contribution is -0.158. The molecule has 0 spiro atoms. The monoisotopic (exact) mass is 206 g/mol. The normalized spacial score (nSPS) is 17.1. The molecule has 82 valence electrons. The molecule has 2 unspecified atom stereocenters. The third-order valence-corrected chi connectivity index (χ3v) is 1.76. The van der Waals surface area contributed by atoms with Crippen molar-refractivity contribution in [2.24, 2.45) is 11.5 Å². The van der Waals surface area contributed by atoms with Gasteiger partial charge in [0.1, 0.15) is 6.04 Å². The molecular weight excluding hydrogens is 192 g/mol. The lowest BCUT2D eigenvalue weighted by Gasteiger charge is -2.17. The summed E-state index contributed by atoms with van der Waals surface area (Å²) in [6.45, 7) is 0. The number of carbonyl (C=O) groups is 2. The van der Waals surface area contributed by atoms with Crippen LogP contribution in [0, 0.1) is 0 Å². The Labute approximate surface area is 80.3 Å². The second kappa shape index (κ2) is 4.89. The quantitative estimate of drug-likeness (QED) is 0.325. The minimum absolute atomic E-state index is 0.0716. The summed E-state index contributed by atoms with van der Waals surface area (Å²) >= 11 is 0. The van der Waals surface area contributed by atoms with Gasteiger partial charge >= 0.3 is 11.9 Å². The molecule has 0 aromatic carbocycles. The zero-order chi connectivity index (χ0) is 11.4. The van der Waals surface area contributed by atoms with E-state index >= 15 is 0 Å². The van der Waals surface area contributed by atoms with E-state index in [4.69, 9.17) is 26.8 Å². The fraction of sp³-hybridized carbons (Fsp3) is 0.714. The largest absolute Gasteiger partial charge is 0.480 e. The van der Waals surface area contributed by atoms with Crippen LogP contribution < -0.4 is 11.5 Å². The molecule has 0 radical (unpaired) electrons. The van der Waals surface area contributed by atoms with E-state index in [0.717, 1.165) is 0 Å². The number of carboxylic acid groups (broad SMARTS) is 2. The Balaban J connectivity index is 3.85. The third kappa shape index (κ3) is 4.17. The number of hydrogen-bond acceptors (Lipinski definition) is 5. The first-order chi connectivity index (χ1) is 6.27. The highest BCUT2D eigenvalue weighted by molar-refractivity contribution is 5.76. The fourth-order valence-corrected chi connectivity index (χ4v) is 0.822. The molecule has 0 saturated heterocycles. The first kappa shape index (κ1) is 12.8. The molecular formula is C7H14N2O5. The van der Waals surface area contributed by atoms with E-state index in [9.17, 15) is 9.59 Å². The van der Waals surface area contributed by atoms with E-state index < -0.39 is 23.7 Å². The van der Waals surface area contributed by atoms with Crippen molar-refractivity contribution in [1.82, 2.24) is 0 Å². The van der Waals surface area contributed by atoms with Gasteiger partial charge in [-0.15, -0.1) is 0 Å². The lowest BCUT2D eigenvalue weighted by Crippen LogP contribution is -2.48. The summed E-state index contributed by atoms with van der Waals surface area (Å²) in [5, 5.41) is 25.8. The summed E-state index contributed by atoms with van der Waals surface area (Å²) in [6.07, 6.45) is -0.0296. The summed E-state index contributed by atoms with van der Waals surface area (Å²) in [4.78, 5) is 20.6. The van der Waals surface area contributed by atoms with Gasteiger partial charge in [0.15, 0.2) is 0 Å². The minimum atomic E-state index is -2.31. The van der Waals surface area contributed by atoms with Gasteiger partial charge in [0.05, 0.1) is 0 Å². The Morgan fingerprint density at radius 3 is 2.21 bits per heavy atom. The van der Waals surface area contributed by atoms with Gasteiger partial charge in [-0.1, -0.05) is 0 Å². The number of hydrogen-bond donors (Lipinski definition) is 5. The van der Waals surface area contributed by atoms with Gasteiger partial charge in [-0.25, -0.2) is 4.79 Å². The van der Waals surface area contributed by atoms with Gasteiger partial charge in [-0.2, -0.15) is 0 Å². The van der Waals surface area contributed by atoms with Gasteiger partial charge in [-0.05, 0) is 12.8 Å². The molecule has 0 aromatic rings. The highest BCUT2D eigenvalue weighted by Crippen LogP contribution is 2.09. The number of aliphatic carboxylic acids is 2. The van der Waals surface area contributed by atoms with E-state index in [1.165, 1.54) is 0 Å². The smallest absolute Gasteiger partial charge is 0.350 e. The van der Waals surface area contributed by atoms with Crippen LogP contribution in [0.2, 0.25) is 0 Å². The topological polar surface area (TPSA) is 147 Å². The molecule has 0 fully saturated rings. The molecule has 0 saturated carbocycles. The van der Waals surface area contributed by atoms with Crippen LogP contribution in [0.15, 0.2) is 0 Å². The summed E-state index contributed by atoms with van der Waals surface area (Å²) in [5.41, 5.74) is 7.83. The molecule has 7 nitrogen and oxygen atoms in total. The van der Waals surface area contributed by atoms with Crippen molar-refractivity contribution in [3.05, 3.63) is 0 Å². The number of carboxylic acids is 2. The van der Waals surface area contributed by atoms with Crippen LogP contribution in [-0.4, -0.2) is 39.0 Å². The van der Waals surface area contributed by atoms with Crippen LogP contribution in [0.5, 0.6) is 0 Å². The predicted molar refractivity (Wildman–Crippen MR) is 46.2 cm³/mol. The van der Waals surface area contributed by atoms with Crippen molar-refractivity contribution >= 4 is 11.9 Å². The van der Waals surface area contributed by atoms with Crippen LogP contribution in [0.3, 0.4) is 0 Å². The van der Waals surface area contributed by atoms with Crippen molar-refractivity contribution in [2.45, 2.75) is 31.0 Å². The fourth-order valence-electron chi connectivity index (χ4n) is 0.822. The number of rotatable bonds is 6. The van der Waals surface area contributed by atoms with Crippen molar-refractivity contribution in [3.8, 4) is 0 Å². The van der Waals surface area contributed by atoms with Crippen LogP contribution in [0.1, 0.15) is 19.3 Å². The van der Waals surface area contributed by atoms with Gasteiger partial charge in [0.25, 0.3) is 0 Å². The average Bonchev–Trinajstić information content (AvgIpc) is 2.03. The van der Waals surface area contributed by atoms with E-state index in [2.05, 4.69) is 0 Å². The first-order valence-electron chi connectivity index (χ1n) is 4.00. The van der Waals surface area contributed by atoms with Crippen LogP contribution in [-0.2, 0) is 9.59 Å².